The molecule has 1 aromatic rings. The Morgan fingerprint density at radius 2 is 1.68 bits per heavy atom. The van der Waals surface area contributed by atoms with Gasteiger partial charge in [-0.1, -0.05) is 33.8 Å². The highest BCUT2D eigenvalue weighted by Gasteiger charge is 2.37. The Kier molecular flexibility index (Phi) is 6.55. The van der Waals surface area contributed by atoms with E-state index >= 15 is 0 Å². The van der Waals surface area contributed by atoms with E-state index in [1.165, 1.54) is 17.2 Å². The molecule has 1 aliphatic rings. The maximum atomic E-state index is 12.9. The Morgan fingerprint density at radius 3 is 2.21 bits per heavy atom. The van der Waals surface area contributed by atoms with Crippen molar-refractivity contribution < 1.29 is 19.4 Å². The predicted octanol–water partition coefficient (Wildman–Crippen LogP) is 4.79. The number of benzene rings is 1. The molecule has 0 aromatic heterocycles. The number of aliphatic hydroxyl groups is 1. The molecule has 0 radical (unpaired) electrons. The van der Waals surface area contributed by atoms with Gasteiger partial charge in [-0.05, 0) is 72.8 Å². The van der Waals surface area contributed by atoms with Crippen LogP contribution in [-0.2, 0) is 20.4 Å². The maximum absolute atomic E-state index is 12.9. The van der Waals surface area contributed by atoms with Crippen LogP contribution in [-0.4, -0.2) is 29.6 Å². The highest BCUT2D eigenvalue weighted by atomic mass is 16.5. The minimum Gasteiger partial charge on any atom is -0.463 e. The van der Waals surface area contributed by atoms with Gasteiger partial charge in [0.25, 0.3) is 0 Å². The number of aryl methyl sites for hydroxylation is 1. The second-order valence-electron chi connectivity index (χ2n) is 9.26. The van der Waals surface area contributed by atoms with Gasteiger partial charge in [-0.2, -0.15) is 0 Å². The molecular formula is C24H34O4. The van der Waals surface area contributed by atoms with E-state index in [-0.39, 0.29) is 29.6 Å². The number of fused-ring (bicyclic) bond motifs is 1. The number of aliphatic hydroxyl groups excluding tert-OH is 1. The summed E-state index contributed by atoms with van der Waals surface area (Å²) in [6, 6.07) is 4.18. The van der Waals surface area contributed by atoms with Crippen LogP contribution in [0.4, 0.5) is 0 Å². The number of ketones is 1. The summed E-state index contributed by atoms with van der Waals surface area (Å²) in [6.07, 6.45) is 2.40. The highest BCUT2D eigenvalue weighted by molar-refractivity contribution is 5.98. The third-order valence-electron chi connectivity index (χ3n) is 6.03. The number of hydrogen-bond donors (Lipinski definition) is 1. The molecule has 4 heteroatoms. The number of rotatable bonds is 6. The smallest absolute Gasteiger partial charge is 0.330 e. The van der Waals surface area contributed by atoms with Crippen molar-refractivity contribution in [1.82, 2.24) is 0 Å². The van der Waals surface area contributed by atoms with Gasteiger partial charge in [-0.3, -0.25) is 4.79 Å². The van der Waals surface area contributed by atoms with Crippen LogP contribution in [0.2, 0.25) is 0 Å². The van der Waals surface area contributed by atoms with Gasteiger partial charge < -0.3 is 9.84 Å². The second kappa shape index (κ2) is 8.20. The fraction of sp³-hybridized carbons (Fsp3) is 0.583. The minimum absolute atomic E-state index is 0.0198. The molecule has 0 aliphatic heterocycles. The molecular weight excluding hydrogens is 352 g/mol. The Labute approximate surface area is 169 Å². The van der Waals surface area contributed by atoms with Crippen molar-refractivity contribution in [1.29, 1.82) is 0 Å². The van der Waals surface area contributed by atoms with E-state index < -0.39 is 12.1 Å². The van der Waals surface area contributed by atoms with E-state index in [1.54, 1.807) is 13.8 Å². The summed E-state index contributed by atoms with van der Waals surface area (Å²) in [5.41, 5.74) is 4.69. The van der Waals surface area contributed by atoms with E-state index in [0.29, 0.717) is 11.1 Å². The lowest BCUT2D eigenvalue weighted by atomic mass is 9.62. The molecule has 1 aromatic carbocycles. The number of ether oxygens (including phenoxy) is 1. The zero-order valence-corrected chi connectivity index (χ0v) is 18.3. The van der Waals surface area contributed by atoms with E-state index in [1.807, 2.05) is 13.0 Å². The summed E-state index contributed by atoms with van der Waals surface area (Å²) in [6.45, 7) is 14.6. The molecule has 1 N–H and O–H groups in total. The average molecular weight is 387 g/mol. The third kappa shape index (κ3) is 4.72. The van der Waals surface area contributed by atoms with Crippen molar-refractivity contribution >= 4 is 11.8 Å². The highest BCUT2D eigenvalue weighted by Crippen LogP contribution is 2.46. The third-order valence-corrected chi connectivity index (χ3v) is 6.03. The number of carbonyl (C=O) groups excluding carboxylic acids is 2. The van der Waals surface area contributed by atoms with Crippen molar-refractivity contribution in [3.05, 3.63) is 46.0 Å². The van der Waals surface area contributed by atoms with Gasteiger partial charge >= 0.3 is 5.97 Å². The van der Waals surface area contributed by atoms with Crippen LogP contribution in [0, 0.1) is 6.92 Å². The second-order valence-corrected chi connectivity index (χ2v) is 9.26. The molecule has 0 heterocycles. The molecule has 2 rings (SSSR count). The van der Waals surface area contributed by atoms with Crippen LogP contribution in [0.25, 0.3) is 0 Å². The van der Waals surface area contributed by atoms with Gasteiger partial charge in [0.1, 0.15) is 0 Å². The summed E-state index contributed by atoms with van der Waals surface area (Å²) in [4.78, 5) is 24.5. The summed E-state index contributed by atoms with van der Waals surface area (Å²) in [7, 11) is 0. The summed E-state index contributed by atoms with van der Waals surface area (Å²) < 4.78 is 4.86. The van der Waals surface area contributed by atoms with Crippen molar-refractivity contribution in [2.45, 2.75) is 84.7 Å². The molecule has 154 valence electrons. The zero-order chi connectivity index (χ0) is 21.3. The quantitative estimate of drug-likeness (QED) is 0.434. The van der Waals surface area contributed by atoms with Gasteiger partial charge in [0.2, 0.25) is 0 Å². The molecule has 28 heavy (non-hydrogen) atoms. The molecule has 0 spiro atoms. The Bertz CT molecular complexity index is 799. The normalized spacial score (nSPS) is 18.9. The molecule has 0 amide bonds. The summed E-state index contributed by atoms with van der Waals surface area (Å²) in [5.74, 6) is -0.607. The number of esters is 1. The van der Waals surface area contributed by atoms with Crippen molar-refractivity contribution in [2.24, 2.45) is 0 Å². The van der Waals surface area contributed by atoms with Gasteiger partial charge in [0.15, 0.2) is 5.78 Å². The van der Waals surface area contributed by atoms with Crippen molar-refractivity contribution in [3.8, 4) is 0 Å². The van der Waals surface area contributed by atoms with Gasteiger partial charge in [0, 0.05) is 18.1 Å². The molecule has 4 nitrogen and oxygen atoms in total. The topological polar surface area (TPSA) is 63.6 Å². The fourth-order valence-corrected chi connectivity index (χ4v) is 3.94. The van der Waals surface area contributed by atoms with E-state index in [9.17, 15) is 14.7 Å². The molecule has 1 aliphatic carbocycles. The lowest BCUT2D eigenvalue weighted by molar-refractivity contribution is -0.137. The lowest BCUT2D eigenvalue weighted by Crippen LogP contribution is -2.34. The first-order valence-electron chi connectivity index (χ1n) is 10.1. The summed E-state index contributed by atoms with van der Waals surface area (Å²) >= 11 is 0. The van der Waals surface area contributed by atoms with Crippen LogP contribution in [0.5, 0.6) is 0 Å². The fourth-order valence-electron chi connectivity index (χ4n) is 3.94. The minimum atomic E-state index is -1.00. The van der Waals surface area contributed by atoms with Gasteiger partial charge in [-0.15, -0.1) is 0 Å². The van der Waals surface area contributed by atoms with Crippen LogP contribution in [0.15, 0.2) is 23.8 Å². The molecule has 0 saturated heterocycles. The molecule has 1 atom stereocenters. The predicted molar refractivity (Wildman–Crippen MR) is 112 cm³/mol. The Hall–Kier alpha value is -1.94. The summed E-state index contributed by atoms with van der Waals surface area (Å²) in [5, 5.41) is 10.4. The first-order valence-corrected chi connectivity index (χ1v) is 10.1. The van der Waals surface area contributed by atoms with Crippen LogP contribution in [0.1, 0.15) is 87.9 Å². The van der Waals surface area contributed by atoms with Crippen molar-refractivity contribution in [3.63, 3.8) is 0 Å². The van der Waals surface area contributed by atoms with Crippen molar-refractivity contribution in [2.75, 3.05) is 6.61 Å². The Balaban J connectivity index is 2.31. The monoisotopic (exact) mass is 386 g/mol. The molecule has 0 saturated carbocycles. The van der Waals surface area contributed by atoms with E-state index in [0.717, 1.165) is 18.4 Å². The molecule has 1 unspecified atom stereocenters. The van der Waals surface area contributed by atoms with E-state index in [4.69, 9.17) is 4.74 Å². The molecule has 0 fully saturated rings. The average Bonchev–Trinajstić information content (AvgIpc) is 2.58. The first-order chi connectivity index (χ1) is 12.9. The van der Waals surface area contributed by atoms with Crippen LogP contribution >= 0.6 is 0 Å². The van der Waals surface area contributed by atoms with Crippen LogP contribution < -0.4 is 0 Å². The Morgan fingerprint density at radius 1 is 1.14 bits per heavy atom. The van der Waals surface area contributed by atoms with Gasteiger partial charge in [-0.25, -0.2) is 4.79 Å². The molecule has 0 bridgehead atoms. The number of hydrogen-bond acceptors (Lipinski definition) is 4. The maximum Gasteiger partial charge on any atom is 0.330 e. The standard InChI is InChI=1S/C24H34O4/c1-8-28-22(27)12-16(3)20(25)14-21(26)17-13-19-18(11-15(17)2)23(4,5)9-10-24(19,6)7/h11-13,20,25H,8-10,14H2,1-7H3. The largest absolute Gasteiger partial charge is 0.463 e. The number of carbonyl (C=O) groups is 2. The van der Waals surface area contributed by atoms with E-state index in [2.05, 4.69) is 33.8 Å². The zero-order valence-electron chi connectivity index (χ0n) is 18.3. The SMILES string of the molecule is CCOC(=O)C=C(C)C(O)CC(=O)c1cc2c(cc1C)C(C)(C)CCC2(C)C. The number of Topliss-reactive ketones (excluding diaryl/α,β-unsaturated/α-hetero) is 1. The van der Waals surface area contributed by atoms with Crippen LogP contribution in [0.3, 0.4) is 0 Å². The van der Waals surface area contributed by atoms with Gasteiger partial charge in [0.05, 0.1) is 12.7 Å². The first kappa shape index (κ1) is 22.4. The lowest BCUT2D eigenvalue weighted by Gasteiger charge is -2.42.